The zero-order chi connectivity index (χ0) is 18.0. The van der Waals surface area contributed by atoms with Gasteiger partial charge in [0.1, 0.15) is 6.10 Å². The molecule has 3 rings (SSSR count). The van der Waals surface area contributed by atoms with Gasteiger partial charge in [-0.3, -0.25) is 9.69 Å². The van der Waals surface area contributed by atoms with Gasteiger partial charge in [-0.2, -0.15) is 0 Å². The summed E-state index contributed by atoms with van der Waals surface area (Å²) in [6.45, 7) is 6.74. The van der Waals surface area contributed by atoms with Gasteiger partial charge in [-0.1, -0.05) is 23.8 Å². The molecule has 1 atom stereocenters. The van der Waals surface area contributed by atoms with E-state index in [-0.39, 0.29) is 18.1 Å². The molecule has 1 N–H and O–H groups in total. The van der Waals surface area contributed by atoms with E-state index in [2.05, 4.69) is 5.32 Å². The minimum atomic E-state index is -0.377. The third-order valence-electron chi connectivity index (χ3n) is 4.48. The van der Waals surface area contributed by atoms with Gasteiger partial charge < -0.3 is 10.1 Å². The van der Waals surface area contributed by atoms with Crippen molar-refractivity contribution in [3.8, 4) is 0 Å². The first kappa shape index (κ1) is 17.0. The van der Waals surface area contributed by atoms with Gasteiger partial charge in [-0.25, -0.2) is 4.79 Å². The topological polar surface area (TPSA) is 58.6 Å². The van der Waals surface area contributed by atoms with Gasteiger partial charge in [0.15, 0.2) is 0 Å². The van der Waals surface area contributed by atoms with E-state index in [4.69, 9.17) is 4.74 Å². The Morgan fingerprint density at radius 3 is 2.52 bits per heavy atom. The fourth-order valence-corrected chi connectivity index (χ4v) is 2.75. The molecule has 1 saturated heterocycles. The number of nitrogens with one attached hydrogen (secondary N) is 1. The average molecular weight is 338 g/mol. The molecule has 0 radical (unpaired) electrons. The summed E-state index contributed by atoms with van der Waals surface area (Å²) in [5.74, 6) is -0.166. The number of aryl methyl sites for hydroxylation is 3. The Morgan fingerprint density at radius 1 is 1.12 bits per heavy atom. The minimum absolute atomic E-state index is 0.166. The first-order valence-corrected chi connectivity index (χ1v) is 8.34. The Labute approximate surface area is 147 Å². The van der Waals surface area contributed by atoms with Gasteiger partial charge >= 0.3 is 6.09 Å². The Bertz CT molecular complexity index is 799. The van der Waals surface area contributed by atoms with Gasteiger partial charge in [0.05, 0.1) is 13.1 Å². The SMILES string of the molecule is Cc1ccc(C(=O)NCC2CN(c3ccc(C)c(C)c3)C(=O)O2)cc1. The smallest absolute Gasteiger partial charge is 0.414 e. The van der Waals surface area contributed by atoms with Gasteiger partial charge in [-0.05, 0) is 56.2 Å². The summed E-state index contributed by atoms with van der Waals surface area (Å²) >= 11 is 0. The van der Waals surface area contributed by atoms with Crippen molar-refractivity contribution in [2.75, 3.05) is 18.0 Å². The minimum Gasteiger partial charge on any atom is -0.442 e. The van der Waals surface area contributed by atoms with Gasteiger partial charge in [0.25, 0.3) is 5.91 Å². The zero-order valence-electron chi connectivity index (χ0n) is 14.7. The number of hydrogen-bond donors (Lipinski definition) is 1. The van der Waals surface area contributed by atoms with Gasteiger partial charge in [0, 0.05) is 11.3 Å². The number of hydrogen-bond acceptors (Lipinski definition) is 3. The summed E-state index contributed by atoms with van der Waals surface area (Å²) in [5, 5.41) is 2.83. The number of amides is 2. The van der Waals surface area contributed by atoms with Crippen LogP contribution in [-0.2, 0) is 4.74 Å². The first-order valence-electron chi connectivity index (χ1n) is 8.34. The predicted molar refractivity (Wildman–Crippen MR) is 97.0 cm³/mol. The van der Waals surface area contributed by atoms with E-state index in [1.165, 1.54) is 5.56 Å². The normalized spacial score (nSPS) is 16.7. The van der Waals surface area contributed by atoms with Crippen LogP contribution in [0.2, 0.25) is 0 Å². The molecule has 0 spiro atoms. The molecule has 0 bridgehead atoms. The summed E-state index contributed by atoms with van der Waals surface area (Å²) in [6.07, 6.45) is -0.735. The molecule has 25 heavy (non-hydrogen) atoms. The lowest BCUT2D eigenvalue weighted by molar-refractivity contribution is 0.0916. The molecule has 1 fully saturated rings. The summed E-state index contributed by atoms with van der Waals surface area (Å²) in [5.41, 5.74) is 4.83. The highest BCUT2D eigenvalue weighted by molar-refractivity contribution is 5.94. The second-order valence-electron chi connectivity index (χ2n) is 6.46. The van der Waals surface area contributed by atoms with E-state index in [1.807, 2.05) is 51.1 Å². The highest BCUT2D eigenvalue weighted by Gasteiger charge is 2.32. The van der Waals surface area contributed by atoms with Crippen molar-refractivity contribution in [2.45, 2.75) is 26.9 Å². The van der Waals surface area contributed by atoms with Crippen molar-refractivity contribution in [1.29, 1.82) is 0 Å². The first-order chi connectivity index (χ1) is 11.9. The van der Waals surface area contributed by atoms with Crippen molar-refractivity contribution in [3.63, 3.8) is 0 Å². The fraction of sp³-hybridized carbons (Fsp3) is 0.300. The standard InChI is InChI=1S/C20H22N2O3/c1-13-4-7-16(8-5-13)19(23)21-11-18-12-22(20(24)25-18)17-9-6-14(2)15(3)10-17/h4-10,18H,11-12H2,1-3H3,(H,21,23). The van der Waals surface area contributed by atoms with Crippen LogP contribution < -0.4 is 10.2 Å². The summed E-state index contributed by atoms with van der Waals surface area (Å²) in [4.78, 5) is 25.9. The molecular formula is C20H22N2O3. The molecule has 0 aliphatic carbocycles. The van der Waals surface area contributed by atoms with Crippen molar-refractivity contribution in [1.82, 2.24) is 5.32 Å². The molecular weight excluding hydrogens is 316 g/mol. The Balaban J connectivity index is 1.60. The van der Waals surface area contributed by atoms with Crippen LogP contribution in [0.15, 0.2) is 42.5 Å². The second-order valence-corrected chi connectivity index (χ2v) is 6.46. The van der Waals surface area contributed by atoms with Crippen molar-refractivity contribution in [3.05, 3.63) is 64.7 Å². The molecule has 1 aliphatic heterocycles. The van der Waals surface area contributed by atoms with Gasteiger partial charge in [0.2, 0.25) is 0 Å². The maximum atomic E-state index is 12.2. The number of benzene rings is 2. The molecule has 2 aromatic carbocycles. The molecule has 1 aliphatic rings. The zero-order valence-corrected chi connectivity index (χ0v) is 14.7. The maximum Gasteiger partial charge on any atom is 0.414 e. The number of ether oxygens (including phenoxy) is 1. The highest BCUT2D eigenvalue weighted by Crippen LogP contribution is 2.23. The van der Waals surface area contributed by atoms with Crippen LogP contribution in [0.25, 0.3) is 0 Å². The van der Waals surface area contributed by atoms with E-state index in [0.29, 0.717) is 18.7 Å². The Hall–Kier alpha value is -2.82. The molecule has 0 aromatic heterocycles. The third kappa shape index (κ3) is 3.82. The Kier molecular flexibility index (Phi) is 4.74. The van der Waals surface area contributed by atoms with Crippen LogP contribution in [0.1, 0.15) is 27.0 Å². The van der Waals surface area contributed by atoms with E-state index >= 15 is 0 Å². The molecule has 130 valence electrons. The van der Waals surface area contributed by atoms with Crippen LogP contribution in [0.4, 0.5) is 10.5 Å². The lowest BCUT2D eigenvalue weighted by Gasteiger charge is -2.14. The summed E-state index contributed by atoms with van der Waals surface area (Å²) in [6, 6.07) is 13.2. The highest BCUT2D eigenvalue weighted by atomic mass is 16.6. The number of rotatable bonds is 4. The molecule has 2 aromatic rings. The molecule has 5 heteroatoms. The average Bonchev–Trinajstić information content (AvgIpc) is 2.96. The van der Waals surface area contributed by atoms with Crippen molar-refractivity contribution < 1.29 is 14.3 Å². The monoisotopic (exact) mass is 338 g/mol. The number of carbonyl (C=O) groups is 2. The molecule has 0 saturated carbocycles. The fourth-order valence-electron chi connectivity index (χ4n) is 2.75. The van der Waals surface area contributed by atoms with E-state index in [9.17, 15) is 9.59 Å². The van der Waals surface area contributed by atoms with Crippen LogP contribution in [0.5, 0.6) is 0 Å². The van der Waals surface area contributed by atoms with Crippen LogP contribution in [0, 0.1) is 20.8 Å². The largest absolute Gasteiger partial charge is 0.442 e. The van der Waals surface area contributed by atoms with Crippen molar-refractivity contribution in [2.24, 2.45) is 0 Å². The molecule has 1 unspecified atom stereocenters. The quantitative estimate of drug-likeness (QED) is 0.930. The lowest BCUT2D eigenvalue weighted by atomic mass is 10.1. The van der Waals surface area contributed by atoms with E-state index in [1.54, 1.807) is 17.0 Å². The van der Waals surface area contributed by atoms with E-state index in [0.717, 1.165) is 16.8 Å². The molecule has 2 amide bonds. The third-order valence-corrected chi connectivity index (χ3v) is 4.48. The predicted octanol–water partition coefficient (Wildman–Crippen LogP) is 3.37. The van der Waals surface area contributed by atoms with Gasteiger partial charge in [-0.15, -0.1) is 0 Å². The van der Waals surface area contributed by atoms with Crippen molar-refractivity contribution >= 4 is 17.7 Å². The summed E-state index contributed by atoms with van der Waals surface area (Å²) < 4.78 is 5.38. The van der Waals surface area contributed by atoms with Crippen LogP contribution in [-0.4, -0.2) is 31.2 Å². The number of carbonyl (C=O) groups excluding carboxylic acids is 2. The lowest BCUT2D eigenvalue weighted by Crippen LogP contribution is -2.34. The number of anilines is 1. The number of nitrogens with zero attached hydrogens (tertiary/aromatic N) is 1. The van der Waals surface area contributed by atoms with Crippen LogP contribution in [0.3, 0.4) is 0 Å². The molecule has 1 heterocycles. The molecule has 5 nitrogen and oxygen atoms in total. The number of cyclic esters (lactones) is 1. The second kappa shape index (κ2) is 6.97. The summed E-state index contributed by atoms with van der Waals surface area (Å²) in [7, 11) is 0. The van der Waals surface area contributed by atoms with Crippen LogP contribution >= 0.6 is 0 Å². The van der Waals surface area contributed by atoms with E-state index < -0.39 is 0 Å². The maximum absolute atomic E-state index is 12.2. The Morgan fingerprint density at radius 2 is 1.84 bits per heavy atom.